The van der Waals surface area contributed by atoms with Crippen LogP contribution in [-0.4, -0.2) is 46.7 Å². The standard InChI is InChI=1S/C25H18N3O6S/c1-2-32-24(31)28-11-35-10-27-16-6-12(29)7-17(30)20(16)19-15-9-26-8-14(15)18(22(28)21(19)27)13-4-3-5-25(23(13)28)33-34-25/h3-4,6,8-9H,2,5,7,10-11H2,1H3/q+1. The second kappa shape index (κ2) is 6.27. The van der Waals surface area contributed by atoms with Gasteiger partial charge in [0.2, 0.25) is 0 Å². The molecule has 174 valence electrons. The van der Waals surface area contributed by atoms with Gasteiger partial charge < -0.3 is 9.30 Å². The molecule has 1 fully saturated rings. The monoisotopic (exact) mass is 488 g/mol. The molecule has 1 aromatic carbocycles. The summed E-state index contributed by atoms with van der Waals surface area (Å²) in [6.45, 7) is 2.00. The minimum Gasteiger partial charge on any atom is -0.420 e. The Morgan fingerprint density at radius 2 is 2.17 bits per heavy atom. The summed E-state index contributed by atoms with van der Waals surface area (Å²) < 4.78 is 7.51. The molecule has 5 heterocycles. The van der Waals surface area contributed by atoms with Gasteiger partial charge in [-0.05, 0) is 6.92 Å². The number of ether oxygens (including phenoxy) is 1. The number of thioether (sulfide) groups is 1. The molecule has 4 aliphatic heterocycles. The van der Waals surface area contributed by atoms with E-state index in [1.165, 1.54) is 0 Å². The topological polar surface area (TPSA) is 103 Å². The zero-order valence-electron chi connectivity index (χ0n) is 18.6. The number of allylic oxidation sites excluding steroid dienone is 2. The molecule has 9 nitrogen and oxygen atoms in total. The highest BCUT2D eigenvalue weighted by atomic mass is 32.2. The third kappa shape index (κ3) is 2.14. The minimum absolute atomic E-state index is 0.161. The van der Waals surface area contributed by atoms with Crippen LogP contribution in [0.5, 0.6) is 0 Å². The number of hydrogen-bond donors (Lipinski definition) is 0. The van der Waals surface area contributed by atoms with Crippen LogP contribution in [0.3, 0.4) is 0 Å². The minimum atomic E-state index is -1.03. The van der Waals surface area contributed by atoms with Crippen LogP contribution < -0.4 is 15.1 Å². The number of aromatic nitrogens is 1. The third-order valence-electron chi connectivity index (χ3n) is 7.60. The number of carbonyl (C=O) groups is 3. The number of amides is 1. The van der Waals surface area contributed by atoms with Gasteiger partial charge in [-0.3, -0.25) is 14.6 Å². The summed E-state index contributed by atoms with van der Waals surface area (Å²) in [6, 6.07) is 0. The molecule has 35 heavy (non-hydrogen) atoms. The number of benzene rings is 1. The van der Waals surface area contributed by atoms with E-state index < -0.39 is 11.9 Å². The lowest BCUT2D eigenvalue weighted by atomic mass is 9.90. The lowest BCUT2D eigenvalue weighted by molar-refractivity contribution is -0.112. The molecule has 2 aromatic rings. The number of carbonyl (C=O) groups excluding carboxylic acids is 3. The van der Waals surface area contributed by atoms with E-state index in [9.17, 15) is 14.4 Å². The van der Waals surface area contributed by atoms with Crippen molar-refractivity contribution in [3.8, 4) is 0 Å². The van der Waals surface area contributed by atoms with Gasteiger partial charge in [0.05, 0.1) is 41.0 Å². The zero-order valence-corrected chi connectivity index (χ0v) is 19.4. The van der Waals surface area contributed by atoms with E-state index in [2.05, 4.69) is 4.99 Å². The number of hydrogen-bond acceptors (Lipinski definition) is 8. The molecule has 10 heteroatoms. The third-order valence-corrected chi connectivity index (χ3v) is 8.61. The van der Waals surface area contributed by atoms with Gasteiger partial charge in [-0.15, -0.1) is 4.48 Å². The van der Waals surface area contributed by atoms with E-state index in [1.54, 1.807) is 37.2 Å². The van der Waals surface area contributed by atoms with E-state index in [4.69, 9.17) is 14.5 Å². The van der Waals surface area contributed by atoms with Gasteiger partial charge in [0.25, 0.3) is 0 Å². The second-order valence-electron chi connectivity index (χ2n) is 9.34. The van der Waals surface area contributed by atoms with Crippen molar-refractivity contribution in [3.05, 3.63) is 45.1 Å². The Kier molecular flexibility index (Phi) is 3.57. The van der Waals surface area contributed by atoms with Gasteiger partial charge in [0.15, 0.2) is 23.0 Å². The first-order chi connectivity index (χ1) is 17.0. The van der Waals surface area contributed by atoms with Crippen molar-refractivity contribution in [2.24, 2.45) is 4.99 Å². The number of aliphatic imine (C=N–C) groups is 1. The molecule has 1 aromatic heterocycles. The molecule has 1 amide bonds. The molecule has 1 saturated heterocycles. The SMILES string of the molecule is CCOC(=O)[N+]12CSCn3c4c(c5c6c(c(c1c53)C1=C2C2(CC=C1)OO2)C=NC=6)C(=O)CC(=O)C=4. The van der Waals surface area contributed by atoms with Crippen molar-refractivity contribution in [2.75, 3.05) is 12.5 Å². The maximum Gasteiger partial charge on any atom is 0.527 e. The first-order valence-electron chi connectivity index (χ1n) is 11.5. The smallest absolute Gasteiger partial charge is 0.420 e. The second-order valence-corrected chi connectivity index (χ2v) is 10.3. The van der Waals surface area contributed by atoms with Crippen LogP contribution in [0.1, 0.15) is 41.3 Å². The van der Waals surface area contributed by atoms with Crippen LogP contribution in [0.25, 0.3) is 28.8 Å². The van der Waals surface area contributed by atoms with Crippen LogP contribution in [-0.2, 0) is 25.2 Å². The number of fused-ring (bicyclic) bond motifs is 9. The van der Waals surface area contributed by atoms with Gasteiger partial charge in [0, 0.05) is 41.1 Å². The fourth-order valence-corrected chi connectivity index (χ4v) is 7.53. The van der Waals surface area contributed by atoms with Gasteiger partial charge in [-0.1, -0.05) is 23.9 Å². The van der Waals surface area contributed by atoms with E-state index >= 15 is 0 Å². The van der Waals surface area contributed by atoms with Crippen molar-refractivity contribution < 1.29 is 28.9 Å². The van der Waals surface area contributed by atoms with Gasteiger partial charge >= 0.3 is 11.9 Å². The molecule has 6 aliphatic rings. The predicted octanol–water partition coefficient (Wildman–Crippen LogP) is 2.22. The average Bonchev–Trinajstić information content (AvgIpc) is 3.19. The molecule has 1 unspecified atom stereocenters. The van der Waals surface area contributed by atoms with Crippen LogP contribution in [0.2, 0.25) is 0 Å². The van der Waals surface area contributed by atoms with Gasteiger partial charge in [-0.25, -0.2) is 0 Å². The highest BCUT2D eigenvalue weighted by molar-refractivity contribution is 7.98. The maximum atomic E-state index is 14.0. The van der Waals surface area contributed by atoms with Crippen LogP contribution in [0.4, 0.5) is 10.5 Å². The summed E-state index contributed by atoms with van der Waals surface area (Å²) in [4.78, 5) is 55.3. The number of nitrogens with zero attached hydrogens (tertiary/aromatic N) is 3. The molecular weight excluding hydrogens is 470 g/mol. The summed E-state index contributed by atoms with van der Waals surface area (Å²) in [5.74, 6) is -0.621. The molecule has 0 radical (unpaired) electrons. The number of quaternary nitrogens is 1. The Labute approximate surface area is 202 Å². The van der Waals surface area contributed by atoms with Gasteiger partial charge in [-0.2, -0.15) is 14.6 Å². The first-order valence-corrected chi connectivity index (χ1v) is 12.6. The van der Waals surface area contributed by atoms with Crippen molar-refractivity contribution in [1.29, 1.82) is 0 Å². The summed E-state index contributed by atoms with van der Waals surface area (Å²) in [6.07, 6.45) is 9.02. The fourth-order valence-electron chi connectivity index (χ4n) is 6.36. The highest BCUT2D eigenvalue weighted by Crippen LogP contribution is 2.61. The highest BCUT2D eigenvalue weighted by Gasteiger charge is 2.71. The normalized spacial score (nSPS) is 25.9. The maximum absolute atomic E-state index is 14.0. The van der Waals surface area contributed by atoms with Crippen LogP contribution in [0.15, 0.2) is 22.8 Å². The molecule has 1 atom stereocenters. The molecule has 2 aliphatic carbocycles. The van der Waals surface area contributed by atoms with E-state index in [0.29, 0.717) is 34.8 Å². The van der Waals surface area contributed by atoms with E-state index in [1.807, 2.05) is 16.7 Å². The number of rotatable bonds is 1. The van der Waals surface area contributed by atoms with Crippen molar-refractivity contribution in [1.82, 2.24) is 9.05 Å². The molecular formula is C25H18N3O6S+. The summed E-state index contributed by atoms with van der Waals surface area (Å²) in [7, 11) is 0. The largest absolute Gasteiger partial charge is 0.527 e. The van der Waals surface area contributed by atoms with Crippen LogP contribution in [0, 0.1) is 0 Å². The Balaban J connectivity index is 1.64. The molecule has 0 bridgehead atoms. The van der Waals surface area contributed by atoms with Crippen molar-refractivity contribution in [3.63, 3.8) is 0 Å². The lowest BCUT2D eigenvalue weighted by Gasteiger charge is -2.32. The lowest BCUT2D eigenvalue weighted by Crippen LogP contribution is -2.55. The van der Waals surface area contributed by atoms with Crippen molar-refractivity contribution >= 4 is 70.1 Å². The Morgan fingerprint density at radius 3 is 2.97 bits per heavy atom. The fraction of sp³-hybridized carbons (Fsp3) is 0.280. The van der Waals surface area contributed by atoms with Gasteiger partial charge in [0.1, 0.15) is 11.4 Å². The molecule has 8 rings (SSSR count). The Hall–Kier alpha value is -3.31. The Bertz CT molecular complexity index is 1710. The zero-order chi connectivity index (χ0) is 23.7. The molecule has 0 N–H and O–H groups in total. The van der Waals surface area contributed by atoms with Crippen molar-refractivity contribution in [2.45, 2.75) is 31.4 Å². The predicted molar refractivity (Wildman–Crippen MR) is 129 cm³/mol. The first kappa shape index (κ1) is 19.9. The summed E-state index contributed by atoms with van der Waals surface area (Å²) >= 11 is 1.54. The summed E-state index contributed by atoms with van der Waals surface area (Å²) in [5.41, 5.74) is 5.32. The van der Waals surface area contributed by atoms with E-state index in [-0.39, 0.29) is 29.1 Å². The average molecular weight is 489 g/mol. The quantitative estimate of drug-likeness (QED) is 0.262. The molecule has 1 spiro atoms. The summed E-state index contributed by atoms with van der Waals surface area (Å²) in [5, 5.41) is 2.17. The molecule has 0 saturated carbocycles. The van der Waals surface area contributed by atoms with Crippen LogP contribution >= 0.6 is 11.8 Å². The number of Topliss-reactive ketones (excluding diaryl/α,β-unsaturated/α-hetero) is 2. The number of ketones is 2. The Morgan fingerprint density at radius 1 is 1.31 bits per heavy atom. The van der Waals surface area contributed by atoms with E-state index in [0.717, 1.165) is 38.5 Å².